The Morgan fingerprint density at radius 1 is 1.29 bits per heavy atom. The molecule has 0 spiro atoms. The van der Waals surface area contributed by atoms with Gasteiger partial charge >= 0.3 is 0 Å². The van der Waals surface area contributed by atoms with Gasteiger partial charge in [0.25, 0.3) is 5.91 Å². The van der Waals surface area contributed by atoms with Crippen molar-refractivity contribution in [3.63, 3.8) is 0 Å². The third kappa shape index (κ3) is 2.67. The van der Waals surface area contributed by atoms with E-state index in [-0.39, 0.29) is 11.9 Å². The van der Waals surface area contributed by atoms with Crippen LogP contribution in [0.4, 0.5) is 0 Å². The van der Waals surface area contributed by atoms with Gasteiger partial charge in [0.1, 0.15) is 10.7 Å². The Kier molecular flexibility index (Phi) is 3.47. The van der Waals surface area contributed by atoms with Gasteiger partial charge in [-0.15, -0.1) is 11.3 Å². The van der Waals surface area contributed by atoms with E-state index in [4.69, 9.17) is 0 Å². The molecule has 1 unspecified atom stereocenters. The van der Waals surface area contributed by atoms with E-state index in [1.165, 1.54) is 11.3 Å². The molecule has 2 heterocycles. The van der Waals surface area contributed by atoms with Gasteiger partial charge in [-0.3, -0.25) is 4.79 Å². The van der Waals surface area contributed by atoms with E-state index < -0.39 is 0 Å². The lowest BCUT2D eigenvalue weighted by Crippen LogP contribution is -2.27. The van der Waals surface area contributed by atoms with Gasteiger partial charge in [0.05, 0.1) is 27.8 Å². The second-order valence-corrected chi connectivity index (χ2v) is 6.18. The molecule has 21 heavy (non-hydrogen) atoms. The minimum atomic E-state index is -0.188. The van der Waals surface area contributed by atoms with Gasteiger partial charge in [0.15, 0.2) is 0 Å². The number of nitrogens with one attached hydrogen (secondary N) is 2. The molecule has 0 aliphatic heterocycles. The SMILES string of the molecule is Cc1nc(C)c(C(=O)NC(C)c2nc3ccccc3[nH]2)s1. The average molecular weight is 300 g/mol. The second kappa shape index (κ2) is 5.29. The monoisotopic (exact) mass is 300 g/mol. The molecule has 1 amide bonds. The van der Waals surface area contributed by atoms with Crippen LogP contribution in [0.15, 0.2) is 24.3 Å². The van der Waals surface area contributed by atoms with E-state index in [1.807, 2.05) is 45.0 Å². The van der Waals surface area contributed by atoms with Gasteiger partial charge < -0.3 is 10.3 Å². The van der Waals surface area contributed by atoms with Crippen LogP contribution < -0.4 is 5.32 Å². The number of thiazole rings is 1. The highest BCUT2D eigenvalue weighted by Crippen LogP contribution is 2.19. The van der Waals surface area contributed by atoms with Crippen molar-refractivity contribution in [1.29, 1.82) is 0 Å². The first-order chi connectivity index (χ1) is 10.0. The highest BCUT2D eigenvalue weighted by atomic mass is 32.1. The van der Waals surface area contributed by atoms with Crippen LogP contribution in [0.3, 0.4) is 0 Å². The molecule has 0 radical (unpaired) electrons. The maximum absolute atomic E-state index is 12.3. The number of carbonyl (C=O) groups excluding carboxylic acids is 1. The zero-order chi connectivity index (χ0) is 15.0. The number of rotatable bonds is 3. The summed E-state index contributed by atoms with van der Waals surface area (Å²) < 4.78 is 0. The average Bonchev–Trinajstić information content (AvgIpc) is 3.01. The maximum Gasteiger partial charge on any atom is 0.263 e. The van der Waals surface area contributed by atoms with Crippen molar-refractivity contribution in [2.75, 3.05) is 0 Å². The highest BCUT2D eigenvalue weighted by Gasteiger charge is 2.18. The minimum absolute atomic E-state index is 0.106. The van der Waals surface area contributed by atoms with Crippen LogP contribution >= 0.6 is 11.3 Å². The third-order valence-corrected chi connectivity index (χ3v) is 4.35. The standard InChI is InChI=1S/C15H16N4OS/c1-8-13(21-10(3)16-8)15(20)17-9(2)14-18-11-6-4-5-7-12(11)19-14/h4-7,9H,1-3H3,(H,17,20)(H,18,19). The van der Waals surface area contributed by atoms with E-state index >= 15 is 0 Å². The maximum atomic E-state index is 12.3. The first-order valence-corrected chi connectivity index (χ1v) is 7.56. The summed E-state index contributed by atoms with van der Waals surface area (Å²) in [6.45, 7) is 5.67. The van der Waals surface area contributed by atoms with Gasteiger partial charge in [-0.1, -0.05) is 12.1 Å². The van der Waals surface area contributed by atoms with Gasteiger partial charge in [-0.05, 0) is 32.9 Å². The number of aryl methyl sites for hydroxylation is 2. The Bertz CT molecular complexity index is 772. The fourth-order valence-corrected chi connectivity index (χ4v) is 3.07. The lowest BCUT2D eigenvalue weighted by Gasteiger charge is -2.10. The lowest BCUT2D eigenvalue weighted by molar-refractivity contribution is 0.0942. The number of imidazole rings is 1. The largest absolute Gasteiger partial charge is 0.342 e. The topological polar surface area (TPSA) is 70.7 Å². The van der Waals surface area contributed by atoms with Crippen LogP contribution in [0.5, 0.6) is 0 Å². The Morgan fingerprint density at radius 3 is 2.71 bits per heavy atom. The van der Waals surface area contributed by atoms with Crippen LogP contribution in [0.2, 0.25) is 0 Å². The van der Waals surface area contributed by atoms with Crippen molar-refractivity contribution in [3.8, 4) is 0 Å². The summed E-state index contributed by atoms with van der Waals surface area (Å²) in [4.78, 5) is 25.0. The molecule has 3 rings (SSSR count). The van der Waals surface area contributed by atoms with Crippen molar-refractivity contribution in [3.05, 3.63) is 45.7 Å². The number of benzene rings is 1. The molecule has 1 atom stereocenters. The van der Waals surface area contributed by atoms with Crippen LogP contribution in [0.1, 0.15) is 39.2 Å². The van der Waals surface area contributed by atoms with E-state index in [9.17, 15) is 4.79 Å². The summed E-state index contributed by atoms with van der Waals surface area (Å²) in [6, 6.07) is 7.63. The Hall–Kier alpha value is -2.21. The first-order valence-electron chi connectivity index (χ1n) is 6.74. The fourth-order valence-electron chi connectivity index (χ4n) is 2.25. The summed E-state index contributed by atoms with van der Waals surface area (Å²) in [5, 5.41) is 3.86. The number of H-pyrrole nitrogens is 1. The van der Waals surface area contributed by atoms with Crippen LogP contribution in [0.25, 0.3) is 11.0 Å². The van der Waals surface area contributed by atoms with Crippen molar-refractivity contribution < 1.29 is 4.79 Å². The number of hydrogen-bond donors (Lipinski definition) is 2. The van der Waals surface area contributed by atoms with Crippen molar-refractivity contribution in [1.82, 2.24) is 20.3 Å². The normalized spacial score (nSPS) is 12.5. The van der Waals surface area contributed by atoms with Gasteiger partial charge in [-0.2, -0.15) is 0 Å². The quantitative estimate of drug-likeness (QED) is 0.780. The first kappa shape index (κ1) is 13.8. The number of fused-ring (bicyclic) bond motifs is 1. The molecule has 5 nitrogen and oxygen atoms in total. The molecule has 0 aliphatic carbocycles. The summed E-state index contributed by atoms with van der Waals surface area (Å²) in [6.07, 6.45) is 0. The van der Waals surface area contributed by atoms with Crippen LogP contribution in [-0.2, 0) is 0 Å². The Labute approximate surface area is 126 Å². The molecule has 0 saturated carbocycles. The molecule has 6 heteroatoms. The molecule has 0 fully saturated rings. The molecule has 108 valence electrons. The molecule has 0 saturated heterocycles. The van der Waals surface area contributed by atoms with Gasteiger partial charge in [0, 0.05) is 0 Å². The number of nitrogens with zero attached hydrogens (tertiary/aromatic N) is 2. The molecule has 1 aromatic carbocycles. The number of para-hydroxylation sites is 2. The zero-order valence-electron chi connectivity index (χ0n) is 12.1. The van der Waals surface area contributed by atoms with Crippen molar-refractivity contribution in [2.45, 2.75) is 26.8 Å². The highest BCUT2D eigenvalue weighted by molar-refractivity contribution is 7.13. The molecular formula is C15H16N4OS. The van der Waals surface area contributed by atoms with E-state index in [2.05, 4.69) is 20.3 Å². The van der Waals surface area contributed by atoms with E-state index in [1.54, 1.807) is 0 Å². The smallest absolute Gasteiger partial charge is 0.263 e. The molecule has 2 aromatic heterocycles. The summed E-state index contributed by atoms with van der Waals surface area (Å²) in [5.74, 6) is 0.648. The Balaban J connectivity index is 1.81. The molecule has 2 N–H and O–H groups in total. The van der Waals surface area contributed by atoms with Crippen LogP contribution in [-0.4, -0.2) is 20.9 Å². The number of carbonyl (C=O) groups is 1. The summed E-state index contributed by atoms with van der Waals surface area (Å²) in [5.41, 5.74) is 2.64. The molecular weight excluding hydrogens is 284 g/mol. The number of aromatic nitrogens is 3. The summed E-state index contributed by atoms with van der Waals surface area (Å²) in [7, 11) is 0. The Morgan fingerprint density at radius 2 is 2.05 bits per heavy atom. The predicted molar refractivity (Wildman–Crippen MR) is 83.6 cm³/mol. The molecule has 0 aliphatic rings. The van der Waals surface area contributed by atoms with Gasteiger partial charge in [0.2, 0.25) is 0 Å². The van der Waals surface area contributed by atoms with Gasteiger partial charge in [-0.25, -0.2) is 9.97 Å². The second-order valence-electron chi connectivity index (χ2n) is 4.98. The third-order valence-electron chi connectivity index (χ3n) is 3.28. The number of aromatic amines is 1. The molecule has 3 aromatic rings. The van der Waals surface area contributed by atoms with Crippen molar-refractivity contribution in [2.24, 2.45) is 0 Å². The van der Waals surface area contributed by atoms with Crippen LogP contribution in [0, 0.1) is 13.8 Å². The fraction of sp³-hybridized carbons (Fsp3) is 0.267. The molecule has 0 bridgehead atoms. The number of amides is 1. The van der Waals surface area contributed by atoms with Crippen molar-refractivity contribution >= 4 is 28.3 Å². The minimum Gasteiger partial charge on any atom is -0.342 e. The predicted octanol–water partition coefficient (Wildman–Crippen LogP) is 3.13. The summed E-state index contributed by atoms with van der Waals surface area (Å²) >= 11 is 1.41. The lowest BCUT2D eigenvalue weighted by atomic mass is 10.3. The number of hydrogen-bond acceptors (Lipinski definition) is 4. The van der Waals surface area contributed by atoms with E-state index in [0.29, 0.717) is 4.88 Å². The van der Waals surface area contributed by atoms with E-state index in [0.717, 1.165) is 27.6 Å². The zero-order valence-corrected chi connectivity index (χ0v) is 12.9.